The normalized spacial score (nSPS) is 11.3. The second-order valence-corrected chi connectivity index (χ2v) is 5.12. The molecule has 0 atom stereocenters. The third-order valence-corrected chi connectivity index (χ3v) is 3.11. The SMILES string of the molecule is Cc1cccc([N+](=O)[O-])c1S(=O)(=O)Cl. The molecule has 0 N–H and O–H groups in total. The van der Waals surface area contributed by atoms with Crippen LogP contribution in [0.1, 0.15) is 5.56 Å². The van der Waals surface area contributed by atoms with Crippen molar-refractivity contribution < 1.29 is 13.3 Å². The molecule has 0 amide bonds. The number of halogens is 1. The van der Waals surface area contributed by atoms with Crippen molar-refractivity contribution in [2.24, 2.45) is 0 Å². The van der Waals surface area contributed by atoms with Crippen LogP contribution in [-0.4, -0.2) is 13.3 Å². The molecule has 5 nitrogen and oxygen atoms in total. The molecule has 0 radical (unpaired) electrons. The van der Waals surface area contributed by atoms with Crippen molar-refractivity contribution in [1.29, 1.82) is 0 Å². The number of nitro groups is 1. The molecule has 0 aliphatic carbocycles. The zero-order valence-corrected chi connectivity index (χ0v) is 8.67. The summed E-state index contributed by atoms with van der Waals surface area (Å²) in [6, 6.07) is 3.95. The molecule has 0 aliphatic rings. The Morgan fingerprint density at radius 3 is 2.36 bits per heavy atom. The highest BCUT2D eigenvalue weighted by atomic mass is 35.7. The van der Waals surface area contributed by atoms with Crippen LogP contribution in [-0.2, 0) is 9.05 Å². The van der Waals surface area contributed by atoms with Crippen LogP contribution in [0, 0.1) is 17.0 Å². The molecule has 0 saturated carbocycles. The summed E-state index contributed by atoms with van der Waals surface area (Å²) in [6.45, 7) is 1.45. The molecule has 0 unspecified atom stereocenters. The van der Waals surface area contributed by atoms with E-state index in [0.29, 0.717) is 0 Å². The van der Waals surface area contributed by atoms with Crippen LogP contribution in [0.25, 0.3) is 0 Å². The van der Waals surface area contributed by atoms with Crippen LogP contribution in [0.4, 0.5) is 5.69 Å². The lowest BCUT2D eigenvalue weighted by Crippen LogP contribution is -2.01. The van der Waals surface area contributed by atoms with Crippen molar-refractivity contribution in [1.82, 2.24) is 0 Å². The fraction of sp³-hybridized carbons (Fsp3) is 0.143. The van der Waals surface area contributed by atoms with Gasteiger partial charge in [0, 0.05) is 16.7 Å². The zero-order chi connectivity index (χ0) is 10.9. The number of nitrogens with zero attached hydrogens (tertiary/aromatic N) is 1. The van der Waals surface area contributed by atoms with E-state index in [9.17, 15) is 18.5 Å². The van der Waals surface area contributed by atoms with Crippen molar-refractivity contribution in [2.75, 3.05) is 0 Å². The van der Waals surface area contributed by atoms with Crippen molar-refractivity contribution >= 4 is 25.4 Å². The highest BCUT2D eigenvalue weighted by Crippen LogP contribution is 2.29. The summed E-state index contributed by atoms with van der Waals surface area (Å²) < 4.78 is 22.1. The average molecular weight is 236 g/mol. The summed E-state index contributed by atoms with van der Waals surface area (Å²) in [4.78, 5) is 9.29. The Kier molecular flexibility index (Phi) is 2.77. The largest absolute Gasteiger partial charge is 0.289 e. The predicted octanol–water partition coefficient (Wildman–Crippen LogP) is 1.83. The third-order valence-electron chi connectivity index (χ3n) is 1.63. The summed E-state index contributed by atoms with van der Waals surface area (Å²) in [5.41, 5.74) is -0.241. The number of hydrogen-bond acceptors (Lipinski definition) is 4. The maximum Gasteiger partial charge on any atom is 0.289 e. The van der Waals surface area contributed by atoms with E-state index in [-0.39, 0.29) is 5.56 Å². The Balaban J connectivity index is 3.62. The molecule has 0 heterocycles. The minimum Gasteiger partial charge on any atom is -0.258 e. The molecule has 76 valence electrons. The lowest BCUT2D eigenvalue weighted by atomic mass is 10.2. The predicted molar refractivity (Wildman–Crippen MR) is 50.9 cm³/mol. The van der Waals surface area contributed by atoms with E-state index in [1.165, 1.54) is 19.1 Å². The minimum absolute atomic E-state index is 0.259. The van der Waals surface area contributed by atoms with E-state index in [1.807, 2.05) is 0 Å². The molecule has 7 heteroatoms. The standard InChI is InChI=1S/C7H6ClNO4S/c1-5-3-2-4-6(9(10)11)7(5)14(8,12)13/h2-4H,1H3. The van der Waals surface area contributed by atoms with Gasteiger partial charge in [0.1, 0.15) is 0 Å². The molecule has 0 spiro atoms. The Morgan fingerprint density at radius 2 is 2.00 bits per heavy atom. The first-order chi connectivity index (χ1) is 6.34. The molecule has 0 fully saturated rings. The Hall–Kier alpha value is -1.14. The Bertz CT molecular complexity index is 482. The first-order valence-electron chi connectivity index (χ1n) is 3.52. The summed E-state index contributed by atoms with van der Waals surface area (Å²) in [5, 5.41) is 10.5. The van der Waals surface area contributed by atoms with Crippen LogP contribution in [0.3, 0.4) is 0 Å². The second kappa shape index (κ2) is 3.55. The summed E-state index contributed by atoms with van der Waals surface area (Å²) >= 11 is 0. The van der Waals surface area contributed by atoms with Gasteiger partial charge >= 0.3 is 0 Å². The van der Waals surface area contributed by atoms with Gasteiger partial charge in [0.05, 0.1) is 4.92 Å². The molecule has 1 aromatic carbocycles. The quantitative estimate of drug-likeness (QED) is 0.445. The molecule has 0 aliphatic heterocycles. The van der Waals surface area contributed by atoms with Crippen LogP contribution in [0.2, 0.25) is 0 Å². The lowest BCUT2D eigenvalue weighted by Gasteiger charge is -2.01. The number of nitro benzene ring substituents is 1. The van der Waals surface area contributed by atoms with E-state index in [1.54, 1.807) is 0 Å². The fourth-order valence-electron chi connectivity index (χ4n) is 1.10. The van der Waals surface area contributed by atoms with Crippen LogP contribution >= 0.6 is 10.7 Å². The number of rotatable bonds is 2. The Labute approximate surface area is 84.9 Å². The second-order valence-electron chi connectivity index (χ2n) is 2.62. The first kappa shape index (κ1) is 10.9. The van der Waals surface area contributed by atoms with Gasteiger partial charge in [0.2, 0.25) is 0 Å². The Morgan fingerprint density at radius 1 is 1.43 bits per heavy atom. The first-order valence-corrected chi connectivity index (χ1v) is 5.83. The van der Waals surface area contributed by atoms with E-state index in [4.69, 9.17) is 10.7 Å². The zero-order valence-electron chi connectivity index (χ0n) is 7.10. The molecule has 1 aromatic rings. The smallest absolute Gasteiger partial charge is 0.258 e. The highest BCUT2D eigenvalue weighted by Gasteiger charge is 2.25. The van der Waals surface area contributed by atoms with Crippen molar-refractivity contribution in [2.45, 2.75) is 11.8 Å². The van der Waals surface area contributed by atoms with Gasteiger partial charge in [-0.3, -0.25) is 10.1 Å². The summed E-state index contributed by atoms with van der Waals surface area (Å²) in [7, 11) is 1.00. The van der Waals surface area contributed by atoms with E-state index >= 15 is 0 Å². The van der Waals surface area contributed by atoms with Gasteiger partial charge in [-0.15, -0.1) is 0 Å². The number of aryl methyl sites for hydroxylation is 1. The van der Waals surface area contributed by atoms with Crippen LogP contribution in [0.15, 0.2) is 23.1 Å². The molecule has 0 bridgehead atoms. The highest BCUT2D eigenvalue weighted by molar-refractivity contribution is 8.13. The average Bonchev–Trinajstić information content (AvgIpc) is 2.01. The van der Waals surface area contributed by atoms with Crippen LogP contribution in [0.5, 0.6) is 0 Å². The van der Waals surface area contributed by atoms with Gasteiger partial charge in [-0.25, -0.2) is 8.42 Å². The van der Waals surface area contributed by atoms with Crippen molar-refractivity contribution in [3.63, 3.8) is 0 Å². The third kappa shape index (κ3) is 2.02. The molecule has 0 saturated heterocycles. The van der Waals surface area contributed by atoms with Crippen molar-refractivity contribution in [3.05, 3.63) is 33.9 Å². The van der Waals surface area contributed by atoms with Crippen LogP contribution < -0.4 is 0 Å². The summed E-state index contributed by atoms with van der Waals surface area (Å²) in [5.74, 6) is 0. The topological polar surface area (TPSA) is 77.3 Å². The van der Waals surface area contributed by atoms with Gasteiger partial charge in [0.25, 0.3) is 14.7 Å². The van der Waals surface area contributed by atoms with Gasteiger partial charge in [-0.2, -0.15) is 0 Å². The molecular weight excluding hydrogens is 230 g/mol. The van der Waals surface area contributed by atoms with E-state index in [2.05, 4.69) is 0 Å². The lowest BCUT2D eigenvalue weighted by molar-refractivity contribution is -0.387. The molecule has 1 rings (SSSR count). The number of benzene rings is 1. The summed E-state index contributed by atoms with van der Waals surface area (Å²) in [6.07, 6.45) is 0. The van der Waals surface area contributed by atoms with Gasteiger partial charge in [-0.05, 0) is 12.5 Å². The van der Waals surface area contributed by atoms with E-state index in [0.717, 1.165) is 6.07 Å². The number of hydrogen-bond donors (Lipinski definition) is 0. The maximum absolute atomic E-state index is 11.0. The van der Waals surface area contributed by atoms with Gasteiger partial charge in [-0.1, -0.05) is 12.1 Å². The van der Waals surface area contributed by atoms with Gasteiger partial charge in [0.15, 0.2) is 4.90 Å². The molecular formula is C7H6ClNO4S. The molecule has 14 heavy (non-hydrogen) atoms. The van der Waals surface area contributed by atoms with E-state index < -0.39 is 24.6 Å². The molecule has 0 aromatic heterocycles. The monoisotopic (exact) mass is 235 g/mol. The fourth-order valence-corrected chi connectivity index (χ4v) is 2.55. The van der Waals surface area contributed by atoms with Gasteiger partial charge < -0.3 is 0 Å². The maximum atomic E-state index is 11.0. The minimum atomic E-state index is -4.08. The van der Waals surface area contributed by atoms with Crippen molar-refractivity contribution in [3.8, 4) is 0 Å².